The number of alkyl carbamates (subject to hydrolysis) is 1. The number of carbonyl (C=O) groups is 2. The van der Waals surface area contributed by atoms with Crippen LogP contribution in [0.25, 0.3) is 11.1 Å². The van der Waals surface area contributed by atoms with E-state index in [4.69, 9.17) is 14.2 Å². The average Bonchev–Trinajstić information content (AvgIpc) is 3.15. The van der Waals surface area contributed by atoms with Crippen LogP contribution in [0.2, 0.25) is 0 Å². The number of ether oxygens (including phenoxy) is 3. The Bertz CT molecular complexity index is 1650. The van der Waals surface area contributed by atoms with Crippen LogP contribution < -0.4 is 14.8 Å². The van der Waals surface area contributed by atoms with Crippen LogP contribution in [0.15, 0.2) is 77.7 Å². The summed E-state index contributed by atoms with van der Waals surface area (Å²) in [6, 6.07) is 23.4. The van der Waals surface area contributed by atoms with Crippen molar-refractivity contribution in [3.05, 3.63) is 78.4 Å². The summed E-state index contributed by atoms with van der Waals surface area (Å²) in [6.45, 7) is 8.89. The number of aryl methyl sites for hydroxylation is 1. The normalized spacial score (nSPS) is 20.2. The van der Waals surface area contributed by atoms with Crippen molar-refractivity contribution in [1.29, 1.82) is 0 Å². The lowest BCUT2D eigenvalue weighted by atomic mass is 9.90. The highest BCUT2D eigenvalue weighted by molar-refractivity contribution is 7.82. The fourth-order valence-corrected chi connectivity index (χ4v) is 8.04. The number of hydrogen-bond donors (Lipinski definition) is 1. The number of likely N-dealkylation sites (tertiary alicyclic amines) is 1. The van der Waals surface area contributed by atoms with Crippen LogP contribution in [-0.2, 0) is 20.5 Å². The van der Waals surface area contributed by atoms with Gasteiger partial charge in [0.25, 0.3) is 5.92 Å². The van der Waals surface area contributed by atoms with E-state index in [-0.39, 0.29) is 19.1 Å². The molecule has 294 valence electrons. The second-order valence-corrected chi connectivity index (χ2v) is 17.0. The van der Waals surface area contributed by atoms with Gasteiger partial charge in [0.05, 0.1) is 24.1 Å². The zero-order valence-corrected chi connectivity index (χ0v) is 32.8. The van der Waals surface area contributed by atoms with E-state index in [0.29, 0.717) is 12.3 Å². The van der Waals surface area contributed by atoms with E-state index in [9.17, 15) is 22.6 Å². The molecule has 2 aliphatic heterocycles. The molecule has 1 N–H and O–H groups in total. The maximum atomic E-state index is 13.6. The van der Waals surface area contributed by atoms with Gasteiger partial charge in [0.15, 0.2) is 0 Å². The van der Waals surface area contributed by atoms with Gasteiger partial charge in [-0.3, -0.25) is 4.79 Å². The van der Waals surface area contributed by atoms with Crippen molar-refractivity contribution in [2.45, 2.75) is 108 Å². The first-order valence-corrected chi connectivity index (χ1v) is 20.2. The van der Waals surface area contributed by atoms with Gasteiger partial charge < -0.3 is 24.4 Å². The molecule has 0 spiro atoms. The number of halogens is 2. The first-order valence-electron chi connectivity index (χ1n) is 19.1. The highest BCUT2D eigenvalue weighted by Crippen LogP contribution is 2.29. The maximum absolute atomic E-state index is 13.6. The van der Waals surface area contributed by atoms with Gasteiger partial charge in [0.1, 0.15) is 34.2 Å². The molecule has 2 atom stereocenters. The van der Waals surface area contributed by atoms with Gasteiger partial charge >= 0.3 is 6.09 Å². The van der Waals surface area contributed by atoms with Gasteiger partial charge in [-0.05, 0) is 113 Å². The maximum Gasteiger partial charge on any atom is 0.408 e. The highest BCUT2D eigenvalue weighted by atomic mass is 32.2. The van der Waals surface area contributed by atoms with E-state index in [0.717, 1.165) is 53.8 Å². The molecular formula is C42H55F2N3O6S. The minimum absolute atomic E-state index is 0.00494. The summed E-state index contributed by atoms with van der Waals surface area (Å²) in [5.74, 6) is -0.686. The Labute approximate surface area is 321 Å². The van der Waals surface area contributed by atoms with Crippen LogP contribution in [0.4, 0.5) is 13.6 Å². The van der Waals surface area contributed by atoms with Crippen LogP contribution in [0.1, 0.15) is 77.7 Å². The minimum Gasteiger partial charge on any atom is -0.493 e. The number of amides is 2. The molecule has 2 unspecified atom stereocenters. The molecule has 2 heterocycles. The summed E-state index contributed by atoms with van der Waals surface area (Å²) in [5, 5.41) is 2.16. The average molecular weight is 768 g/mol. The van der Waals surface area contributed by atoms with Crippen molar-refractivity contribution < 1.29 is 36.8 Å². The molecule has 6 rings (SSSR count). The van der Waals surface area contributed by atoms with Crippen molar-refractivity contribution in [1.82, 2.24) is 14.5 Å². The number of hydrogen-bond acceptors (Lipinski definition) is 6. The molecule has 3 aromatic carbocycles. The molecular weight excluding hydrogens is 713 g/mol. The molecule has 0 aromatic heterocycles. The van der Waals surface area contributed by atoms with Crippen molar-refractivity contribution in [2.75, 3.05) is 32.8 Å². The quantitative estimate of drug-likeness (QED) is 0.208. The predicted molar refractivity (Wildman–Crippen MR) is 207 cm³/mol. The molecule has 3 aliphatic rings. The summed E-state index contributed by atoms with van der Waals surface area (Å²) in [4.78, 5) is 23.7. The van der Waals surface area contributed by atoms with Gasteiger partial charge in [0.2, 0.25) is 6.41 Å². The first kappa shape index (κ1) is 41.1. The van der Waals surface area contributed by atoms with Gasteiger partial charge in [-0.15, -0.1) is 0 Å². The van der Waals surface area contributed by atoms with Crippen molar-refractivity contribution in [2.24, 2.45) is 5.92 Å². The second-order valence-electron chi connectivity index (χ2n) is 15.5. The lowest BCUT2D eigenvalue weighted by Gasteiger charge is -2.37. The molecule has 0 bridgehead atoms. The summed E-state index contributed by atoms with van der Waals surface area (Å²) in [7, 11) is -1.15. The Morgan fingerprint density at radius 2 is 1.44 bits per heavy atom. The fraction of sp³-hybridized carbons (Fsp3) is 0.524. The first-order chi connectivity index (χ1) is 25.8. The third-order valence-corrected chi connectivity index (χ3v) is 11.4. The number of carbonyl (C=O) groups excluding carboxylic acids is 2. The van der Waals surface area contributed by atoms with Crippen molar-refractivity contribution >= 4 is 23.5 Å². The lowest BCUT2D eigenvalue weighted by Crippen LogP contribution is -2.58. The summed E-state index contributed by atoms with van der Waals surface area (Å²) in [6.07, 6.45) is 7.99. The van der Waals surface area contributed by atoms with Gasteiger partial charge in [-0.25, -0.2) is 22.1 Å². The summed E-state index contributed by atoms with van der Waals surface area (Å²) < 4.78 is 59.6. The van der Waals surface area contributed by atoms with Crippen LogP contribution >= 0.6 is 0 Å². The zero-order valence-electron chi connectivity index (χ0n) is 31.9. The van der Waals surface area contributed by atoms with E-state index in [2.05, 4.69) is 65.1 Å². The molecule has 0 radical (unpaired) electrons. The molecule has 9 nitrogen and oxygen atoms in total. The molecule has 2 saturated heterocycles. The van der Waals surface area contributed by atoms with E-state index >= 15 is 0 Å². The van der Waals surface area contributed by atoms with E-state index in [1.807, 2.05) is 24.3 Å². The van der Waals surface area contributed by atoms with E-state index in [1.54, 1.807) is 20.8 Å². The molecule has 1 saturated carbocycles. The topological polar surface area (TPSA) is 97.4 Å². The Balaban J connectivity index is 0.000000263. The second kappa shape index (κ2) is 19.0. The Hall–Kier alpha value is -4.03. The fourth-order valence-electron chi connectivity index (χ4n) is 6.83. The number of nitrogens with one attached hydrogen (secondary N) is 1. The molecule has 54 heavy (non-hydrogen) atoms. The molecule has 12 heteroatoms. The van der Waals surface area contributed by atoms with Gasteiger partial charge in [0, 0.05) is 19.6 Å². The molecule has 3 aromatic rings. The van der Waals surface area contributed by atoms with Crippen molar-refractivity contribution in [3.8, 4) is 22.6 Å². The Kier molecular flexibility index (Phi) is 14.5. The summed E-state index contributed by atoms with van der Waals surface area (Å²) in [5.41, 5.74) is 2.94. The Morgan fingerprint density at radius 1 is 0.852 bits per heavy atom. The molecule has 3 fully saturated rings. The third-order valence-electron chi connectivity index (χ3n) is 9.88. The van der Waals surface area contributed by atoms with Gasteiger partial charge in [-0.2, -0.15) is 0 Å². The number of alkyl halides is 2. The monoisotopic (exact) mass is 767 g/mol. The number of nitrogens with zero attached hydrogens (tertiary/aromatic N) is 2. The summed E-state index contributed by atoms with van der Waals surface area (Å²) >= 11 is 0. The molecule has 1 aliphatic carbocycles. The highest BCUT2D eigenvalue weighted by Gasteiger charge is 2.45. The number of rotatable bonds is 10. The standard InChI is InChI=1S/C31H37NO3S.C11H18F2N2O3/c1-24-7-9-26(10-8-24)27-11-13-29(14-12-27)35-30-19-21-32(22-20-30)36(33)31-17-15-28(16-18-31)34-23-25-5-3-2-4-6-25;1-10(2,3)18-9(17)14-8-4-5-15(7-16)6-11(8,12)13/h7-18,25,30H,2-6,19-23H2,1H3;7-8H,4-6H2,1-3H3,(H,14,17). The van der Waals surface area contributed by atoms with Crippen LogP contribution in [-0.4, -0.2) is 82.4 Å². The largest absolute Gasteiger partial charge is 0.493 e. The third kappa shape index (κ3) is 12.5. The zero-order chi connectivity index (χ0) is 38.7. The Morgan fingerprint density at radius 3 is 2.02 bits per heavy atom. The smallest absolute Gasteiger partial charge is 0.408 e. The van der Waals surface area contributed by atoms with Crippen LogP contribution in [0.3, 0.4) is 0 Å². The number of benzene rings is 3. The lowest BCUT2D eigenvalue weighted by molar-refractivity contribution is -0.132. The SMILES string of the molecule is CC(C)(C)OC(=O)NC1CCN(C=O)CC1(F)F.Cc1ccc(-c2ccc(OC3CCN(S(=O)c4ccc(OCC5CCCCC5)cc4)CC3)cc2)cc1. The van der Waals surface area contributed by atoms with Crippen LogP contribution in [0, 0.1) is 12.8 Å². The molecule has 2 amide bonds. The minimum atomic E-state index is -3.14. The van der Waals surface area contributed by atoms with E-state index < -0.39 is 41.2 Å². The predicted octanol–water partition coefficient (Wildman–Crippen LogP) is 8.56. The van der Waals surface area contributed by atoms with Crippen molar-refractivity contribution in [3.63, 3.8) is 0 Å². The van der Waals surface area contributed by atoms with E-state index in [1.165, 1.54) is 48.8 Å². The van der Waals surface area contributed by atoms with Crippen LogP contribution in [0.5, 0.6) is 11.5 Å². The number of piperidine rings is 2. The van der Waals surface area contributed by atoms with Gasteiger partial charge in [-0.1, -0.05) is 61.2 Å².